The molecule has 0 aromatic rings. The van der Waals surface area contributed by atoms with E-state index >= 15 is 0 Å². The molecule has 2 N–H and O–H groups in total. The molecule has 0 aromatic heterocycles. The zero-order valence-electron chi connectivity index (χ0n) is 4.96. The summed E-state index contributed by atoms with van der Waals surface area (Å²) in [6.07, 6.45) is 3.67. The van der Waals surface area contributed by atoms with Gasteiger partial charge in [0.2, 0.25) is 0 Å². The molecule has 2 rings (SSSR count). The Morgan fingerprint density at radius 2 is 2.67 bits per heavy atom. The van der Waals surface area contributed by atoms with E-state index in [-0.39, 0.29) is 0 Å². The number of aliphatic imine (C=N–C) groups is 1. The molecule has 48 valence electrons. The Morgan fingerprint density at radius 3 is 3.56 bits per heavy atom. The summed E-state index contributed by atoms with van der Waals surface area (Å²) < 4.78 is 0. The normalized spacial score (nSPS) is 23.1. The van der Waals surface area contributed by atoms with Gasteiger partial charge in [-0.05, 0) is 0 Å². The molecule has 4 nitrogen and oxygen atoms in total. The molecule has 0 atom stereocenters. The first-order valence-corrected chi connectivity index (χ1v) is 2.93. The average Bonchev–Trinajstić information content (AvgIpc) is 2.33. The van der Waals surface area contributed by atoms with Gasteiger partial charge in [-0.1, -0.05) is 0 Å². The Kier molecular flexibility index (Phi) is 0.927. The summed E-state index contributed by atoms with van der Waals surface area (Å²) in [6, 6.07) is 0. The van der Waals surface area contributed by atoms with Crippen molar-refractivity contribution in [2.75, 3.05) is 13.2 Å². The highest BCUT2D eigenvalue weighted by molar-refractivity contribution is 5.62. The molecule has 0 aliphatic carbocycles. The summed E-state index contributed by atoms with van der Waals surface area (Å²) in [5.41, 5.74) is 3.12. The third kappa shape index (κ3) is 0.675. The SMILES string of the molecule is C1=NC=C2NCNN2C1. The summed E-state index contributed by atoms with van der Waals surface area (Å²) in [6.45, 7) is 1.67. The van der Waals surface area contributed by atoms with Crippen molar-refractivity contribution in [2.24, 2.45) is 4.99 Å². The first-order valence-electron chi connectivity index (χ1n) is 2.93. The van der Waals surface area contributed by atoms with Crippen LogP contribution in [0.25, 0.3) is 0 Å². The minimum Gasteiger partial charge on any atom is -0.355 e. The molecule has 2 aliphatic heterocycles. The van der Waals surface area contributed by atoms with E-state index in [4.69, 9.17) is 0 Å². The summed E-state index contributed by atoms with van der Waals surface area (Å²) >= 11 is 0. The molecule has 0 saturated carbocycles. The number of fused-ring (bicyclic) bond motifs is 1. The van der Waals surface area contributed by atoms with Crippen molar-refractivity contribution in [1.82, 2.24) is 15.8 Å². The number of rotatable bonds is 0. The molecular weight excluding hydrogens is 116 g/mol. The third-order valence-corrected chi connectivity index (χ3v) is 1.40. The van der Waals surface area contributed by atoms with Crippen LogP contribution in [0.4, 0.5) is 0 Å². The molecule has 0 spiro atoms. The number of hydrazine groups is 1. The van der Waals surface area contributed by atoms with Gasteiger partial charge in [-0.25, -0.2) is 5.43 Å². The van der Waals surface area contributed by atoms with E-state index < -0.39 is 0 Å². The van der Waals surface area contributed by atoms with Crippen LogP contribution in [0.15, 0.2) is 17.0 Å². The molecular formula is C5H8N4. The van der Waals surface area contributed by atoms with Gasteiger partial charge < -0.3 is 5.32 Å². The number of nitrogens with zero attached hydrogens (tertiary/aromatic N) is 2. The van der Waals surface area contributed by atoms with Gasteiger partial charge in [-0.3, -0.25) is 10.0 Å². The van der Waals surface area contributed by atoms with Crippen molar-refractivity contribution >= 4 is 6.21 Å². The molecule has 2 heterocycles. The molecule has 2 aliphatic rings. The van der Waals surface area contributed by atoms with Crippen molar-refractivity contribution < 1.29 is 0 Å². The van der Waals surface area contributed by atoms with Crippen LogP contribution < -0.4 is 10.7 Å². The van der Waals surface area contributed by atoms with Gasteiger partial charge in [-0.15, -0.1) is 0 Å². The van der Waals surface area contributed by atoms with Crippen LogP contribution in [0, 0.1) is 0 Å². The minimum atomic E-state index is 0.815. The van der Waals surface area contributed by atoms with Gasteiger partial charge in [0.1, 0.15) is 5.82 Å². The van der Waals surface area contributed by atoms with Crippen molar-refractivity contribution in [3.05, 3.63) is 12.0 Å². The Hall–Kier alpha value is -1.03. The summed E-state index contributed by atoms with van der Waals surface area (Å²) in [4.78, 5) is 3.99. The Morgan fingerprint density at radius 1 is 1.67 bits per heavy atom. The Balaban J connectivity index is 2.23. The highest BCUT2D eigenvalue weighted by Crippen LogP contribution is 2.03. The quantitative estimate of drug-likeness (QED) is 0.446. The average molecular weight is 124 g/mol. The maximum atomic E-state index is 3.99. The second-order valence-electron chi connectivity index (χ2n) is 1.97. The van der Waals surface area contributed by atoms with Crippen LogP contribution in [0.5, 0.6) is 0 Å². The van der Waals surface area contributed by atoms with E-state index in [0.29, 0.717) is 0 Å². The highest BCUT2D eigenvalue weighted by atomic mass is 15.6. The largest absolute Gasteiger partial charge is 0.355 e. The predicted molar refractivity (Wildman–Crippen MR) is 34.4 cm³/mol. The lowest BCUT2D eigenvalue weighted by Gasteiger charge is -2.16. The lowest BCUT2D eigenvalue weighted by Crippen LogP contribution is -2.32. The molecule has 0 bridgehead atoms. The van der Waals surface area contributed by atoms with Gasteiger partial charge in [0.25, 0.3) is 0 Å². The van der Waals surface area contributed by atoms with E-state index in [1.807, 2.05) is 17.4 Å². The van der Waals surface area contributed by atoms with E-state index in [9.17, 15) is 0 Å². The maximum Gasteiger partial charge on any atom is 0.136 e. The number of hydrogen-bond donors (Lipinski definition) is 2. The Labute approximate surface area is 53.2 Å². The molecule has 0 amide bonds. The van der Waals surface area contributed by atoms with E-state index in [1.54, 1.807) is 0 Å². The predicted octanol–water partition coefficient (Wildman–Crippen LogP) is -0.763. The number of hydrogen-bond acceptors (Lipinski definition) is 4. The molecule has 9 heavy (non-hydrogen) atoms. The van der Waals surface area contributed by atoms with E-state index in [0.717, 1.165) is 19.0 Å². The van der Waals surface area contributed by atoms with Crippen molar-refractivity contribution in [3.63, 3.8) is 0 Å². The van der Waals surface area contributed by atoms with Gasteiger partial charge in [0.05, 0.1) is 19.4 Å². The van der Waals surface area contributed by atoms with Crippen LogP contribution >= 0.6 is 0 Å². The van der Waals surface area contributed by atoms with Gasteiger partial charge in [0.15, 0.2) is 0 Å². The molecule has 4 heteroatoms. The highest BCUT2D eigenvalue weighted by Gasteiger charge is 2.15. The van der Waals surface area contributed by atoms with Gasteiger partial charge in [0, 0.05) is 6.21 Å². The molecule has 1 saturated heterocycles. The second kappa shape index (κ2) is 1.73. The smallest absolute Gasteiger partial charge is 0.136 e. The van der Waals surface area contributed by atoms with Crippen LogP contribution in [-0.4, -0.2) is 24.4 Å². The topological polar surface area (TPSA) is 39.7 Å². The lowest BCUT2D eigenvalue weighted by atomic mass is 10.5. The molecule has 1 fully saturated rings. The molecule has 0 unspecified atom stereocenters. The third-order valence-electron chi connectivity index (χ3n) is 1.40. The van der Waals surface area contributed by atoms with Crippen molar-refractivity contribution in [1.29, 1.82) is 0 Å². The van der Waals surface area contributed by atoms with Crippen LogP contribution in [0.1, 0.15) is 0 Å². The fourth-order valence-electron chi connectivity index (χ4n) is 0.936. The monoisotopic (exact) mass is 124 g/mol. The van der Waals surface area contributed by atoms with Crippen LogP contribution in [-0.2, 0) is 0 Å². The maximum absolute atomic E-state index is 3.99. The van der Waals surface area contributed by atoms with Crippen molar-refractivity contribution in [2.45, 2.75) is 0 Å². The second-order valence-corrected chi connectivity index (χ2v) is 1.97. The van der Waals surface area contributed by atoms with Crippen LogP contribution in [0.2, 0.25) is 0 Å². The molecule has 0 aromatic carbocycles. The number of nitrogens with one attached hydrogen (secondary N) is 2. The first kappa shape index (κ1) is 4.81. The zero-order chi connectivity index (χ0) is 6.10. The van der Waals surface area contributed by atoms with E-state index in [2.05, 4.69) is 15.7 Å². The first-order chi connectivity index (χ1) is 4.47. The van der Waals surface area contributed by atoms with Crippen molar-refractivity contribution in [3.8, 4) is 0 Å². The summed E-state index contributed by atoms with van der Waals surface area (Å²) in [5.74, 6) is 1.07. The Bertz CT molecular complexity index is 172. The van der Waals surface area contributed by atoms with Gasteiger partial charge in [-0.2, -0.15) is 0 Å². The minimum absolute atomic E-state index is 0.815. The van der Waals surface area contributed by atoms with Gasteiger partial charge >= 0.3 is 0 Å². The summed E-state index contributed by atoms with van der Waals surface area (Å²) in [5, 5.41) is 5.14. The fraction of sp³-hybridized carbons (Fsp3) is 0.400. The fourth-order valence-corrected chi connectivity index (χ4v) is 0.936. The molecule has 0 radical (unpaired) electrons. The lowest BCUT2D eigenvalue weighted by molar-refractivity contribution is 0.337. The standard InChI is InChI=1S/C5H8N4/c1-2-9-5(3-6-1)7-4-8-9/h1,3,7-8H,2,4H2. The van der Waals surface area contributed by atoms with E-state index in [1.165, 1.54) is 0 Å². The summed E-state index contributed by atoms with van der Waals surface area (Å²) in [7, 11) is 0. The van der Waals surface area contributed by atoms with Crippen LogP contribution in [0.3, 0.4) is 0 Å². The zero-order valence-corrected chi connectivity index (χ0v) is 4.96.